The lowest BCUT2D eigenvalue weighted by molar-refractivity contribution is 0.112. The van der Waals surface area contributed by atoms with E-state index >= 15 is 0 Å². The van der Waals surface area contributed by atoms with Gasteiger partial charge in [0.2, 0.25) is 0 Å². The maximum absolute atomic E-state index is 10.9. The molecule has 1 aliphatic rings. The summed E-state index contributed by atoms with van der Waals surface area (Å²) in [6, 6.07) is 3.67. The zero-order valence-corrected chi connectivity index (χ0v) is 8.89. The number of hydrogen-bond acceptors (Lipinski definition) is 3. The highest BCUT2D eigenvalue weighted by molar-refractivity contribution is 5.84. The van der Waals surface area contributed by atoms with Crippen molar-refractivity contribution in [1.29, 1.82) is 0 Å². The summed E-state index contributed by atoms with van der Waals surface area (Å²) in [6.45, 7) is 2.04. The van der Waals surface area contributed by atoms with Gasteiger partial charge in [-0.2, -0.15) is 0 Å². The number of aromatic nitrogens is 2. The molecule has 1 aliphatic heterocycles. The lowest BCUT2D eigenvalue weighted by Gasteiger charge is -2.01. The number of aldehydes is 1. The van der Waals surface area contributed by atoms with Gasteiger partial charge in [-0.3, -0.25) is 4.79 Å². The number of hydrogen-bond donors (Lipinski definition) is 1. The fourth-order valence-corrected chi connectivity index (χ4v) is 2.25. The lowest BCUT2D eigenvalue weighted by atomic mass is 10.1. The van der Waals surface area contributed by atoms with Crippen molar-refractivity contribution in [3.8, 4) is 0 Å². The molecule has 4 heteroatoms. The van der Waals surface area contributed by atoms with Crippen molar-refractivity contribution in [2.45, 2.75) is 12.3 Å². The van der Waals surface area contributed by atoms with Crippen molar-refractivity contribution < 1.29 is 4.79 Å². The van der Waals surface area contributed by atoms with Crippen molar-refractivity contribution in [3.05, 3.63) is 35.8 Å². The van der Waals surface area contributed by atoms with Crippen LogP contribution < -0.4 is 5.32 Å². The summed E-state index contributed by atoms with van der Waals surface area (Å²) in [4.78, 5) is 15.4. The number of carbonyl (C=O) groups is 1. The maximum atomic E-state index is 10.9. The van der Waals surface area contributed by atoms with E-state index in [1.54, 1.807) is 6.07 Å². The first-order valence-electron chi connectivity index (χ1n) is 5.52. The van der Waals surface area contributed by atoms with Crippen molar-refractivity contribution in [2.24, 2.45) is 0 Å². The second-order valence-corrected chi connectivity index (χ2v) is 4.17. The van der Waals surface area contributed by atoms with Crippen LogP contribution in [0.5, 0.6) is 0 Å². The number of imidazole rings is 1. The number of rotatable bonds is 2. The zero-order valence-electron chi connectivity index (χ0n) is 8.89. The van der Waals surface area contributed by atoms with Gasteiger partial charge in [-0.25, -0.2) is 4.98 Å². The molecule has 1 saturated heterocycles. The van der Waals surface area contributed by atoms with Gasteiger partial charge in [0.25, 0.3) is 0 Å². The molecule has 3 heterocycles. The minimum atomic E-state index is 0.486. The minimum Gasteiger partial charge on any atom is -0.316 e. The third-order valence-corrected chi connectivity index (χ3v) is 3.14. The van der Waals surface area contributed by atoms with Crippen LogP contribution in [0.4, 0.5) is 0 Å². The monoisotopic (exact) mass is 215 g/mol. The average Bonchev–Trinajstić information content (AvgIpc) is 2.96. The molecule has 1 unspecified atom stereocenters. The molecule has 0 radical (unpaired) electrons. The number of fused-ring (bicyclic) bond motifs is 1. The van der Waals surface area contributed by atoms with E-state index in [1.165, 1.54) is 0 Å². The van der Waals surface area contributed by atoms with Gasteiger partial charge in [0.15, 0.2) is 6.29 Å². The summed E-state index contributed by atoms with van der Waals surface area (Å²) < 4.78 is 1.93. The first-order chi connectivity index (χ1) is 7.88. The Morgan fingerprint density at radius 1 is 1.56 bits per heavy atom. The Bertz CT molecular complexity index is 526. The van der Waals surface area contributed by atoms with E-state index in [0.29, 0.717) is 11.5 Å². The quantitative estimate of drug-likeness (QED) is 0.766. The van der Waals surface area contributed by atoms with E-state index in [4.69, 9.17) is 0 Å². The van der Waals surface area contributed by atoms with Crippen LogP contribution in [-0.2, 0) is 0 Å². The predicted octanol–water partition coefficient (Wildman–Crippen LogP) is 1.22. The lowest BCUT2D eigenvalue weighted by Crippen LogP contribution is -2.08. The second-order valence-electron chi connectivity index (χ2n) is 4.17. The standard InChI is InChI=1S/C12H13N3O/c16-8-10-2-1-5-15-7-11(14-12(10)15)9-3-4-13-6-9/h1-2,5,7-9,13H,3-4,6H2. The summed E-state index contributed by atoms with van der Waals surface area (Å²) in [5, 5.41) is 3.32. The summed E-state index contributed by atoms with van der Waals surface area (Å²) >= 11 is 0. The average molecular weight is 215 g/mol. The van der Waals surface area contributed by atoms with Crippen LogP contribution in [0.15, 0.2) is 24.5 Å². The highest BCUT2D eigenvalue weighted by atomic mass is 16.1. The maximum Gasteiger partial charge on any atom is 0.153 e. The largest absolute Gasteiger partial charge is 0.316 e. The highest BCUT2D eigenvalue weighted by Gasteiger charge is 2.19. The van der Waals surface area contributed by atoms with E-state index in [0.717, 1.165) is 37.1 Å². The van der Waals surface area contributed by atoms with Gasteiger partial charge in [0, 0.05) is 24.9 Å². The van der Waals surface area contributed by atoms with Crippen molar-refractivity contribution in [1.82, 2.24) is 14.7 Å². The zero-order chi connectivity index (χ0) is 11.0. The molecular weight excluding hydrogens is 202 g/mol. The smallest absolute Gasteiger partial charge is 0.153 e. The number of carbonyl (C=O) groups excluding carboxylic acids is 1. The van der Waals surface area contributed by atoms with Crippen molar-refractivity contribution in [2.75, 3.05) is 13.1 Å². The highest BCUT2D eigenvalue weighted by Crippen LogP contribution is 2.22. The molecule has 0 amide bonds. The number of nitrogens with one attached hydrogen (secondary N) is 1. The Morgan fingerprint density at radius 2 is 2.50 bits per heavy atom. The van der Waals surface area contributed by atoms with Gasteiger partial charge < -0.3 is 9.72 Å². The normalized spacial score (nSPS) is 20.4. The Labute approximate surface area is 93.3 Å². The van der Waals surface area contributed by atoms with Crippen LogP contribution in [0.25, 0.3) is 5.65 Å². The fraction of sp³-hybridized carbons (Fsp3) is 0.333. The molecule has 0 aliphatic carbocycles. The van der Waals surface area contributed by atoms with Gasteiger partial charge in [0.1, 0.15) is 5.65 Å². The topological polar surface area (TPSA) is 46.4 Å². The molecule has 3 rings (SSSR count). The van der Waals surface area contributed by atoms with Crippen LogP contribution in [0.2, 0.25) is 0 Å². The molecule has 1 atom stereocenters. The molecule has 0 bridgehead atoms. The molecular formula is C12H13N3O. The predicted molar refractivity (Wildman–Crippen MR) is 60.8 cm³/mol. The molecule has 1 N–H and O–H groups in total. The Kier molecular flexibility index (Phi) is 2.22. The molecule has 2 aromatic heterocycles. The third kappa shape index (κ3) is 1.42. The van der Waals surface area contributed by atoms with Gasteiger partial charge in [0.05, 0.1) is 11.3 Å². The second kappa shape index (κ2) is 3.72. The van der Waals surface area contributed by atoms with Gasteiger partial charge in [-0.05, 0) is 25.1 Å². The number of nitrogens with zero attached hydrogens (tertiary/aromatic N) is 2. The van der Waals surface area contributed by atoms with Crippen molar-refractivity contribution in [3.63, 3.8) is 0 Å². The van der Waals surface area contributed by atoms with Gasteiger partial charge in [-0.1, -0.05) is 0 Å². The molecule has 0 saturated carbocycles. The summed E-state index contributed by atoms with van der Waals surface area (Å²) in [5.74, 6) is 0.486. The van der Waals surface area contributed by atoms with Crippen molar-refractivity contribution >= 4 is 11.9 Å². The van der Waals surface area contributed by atoms with Crippen LogP contribution in [0.3, 0.4) is 0 Å². The summed E-state index contributed by atoms with van der Waals surface area (Å²) in [5.41, 5.74) is 2.50. The molecule has 16 heavy (non-hydrogen) atoms. The molecule has 82 valence electrons. The Morgan fingerprint density at radius 3 is 3.25 bits per heavy atom. The summed E-state index contributed by atoms with van der Waals surface area (Å²) in [6.07, 6.45) is 5.94. The van der Waals surface area contributed by atoms with Crippen LogP contribution in [0.1, 0.15) is 28.4 Å². The Balaban J connectivity index is 2.11. The van der Waals surface area contributed by atoms with E-state index in [-0.39, 0.29) is 0 Å². The molecule has 4 nitrogen and oxygen atoms in total. The van der Waals surface area contributed by atoms with E-state index in [9.17, 15) is 4.79 Å². The van der Waals surface area contributed by atoms with Crippen LogP contribution >= 0.6 is 0 Å². The molecule has 0 spiro atoms. The Hall–Kier alpha value is -1.68. The van der Waals surface area contributed by atoms with Crippen LogP contribution in [0, 0.1) is 0 Å². The third-order valence-electron chi connectivity index (χ3n) is 3.14. The van der Waals surface area contributed by atoms with E-state index < -0.39 is 0 Å². The fourth-order valence-electron chi connectivity index (χ4n) is 2.25. The van der Waals surface area contributed by atoms with E-state index in [2.05, 4.69) is 10.3 Å². The first-order valence-corrected chi connectivity index (χ1v) is 5.52. The van der Waals surface area contributed by atoms with Gasteiger partial charge >= 0.3 is 0 Å². The SMILES string of the molecule is O=Cc1cccn2cc(C3CCNC3)nc12. The minimum absolute atomic E-state index is 0.486. The molecule has 1 fully saturated rings. The number of pyridine rings is 1. The van der Waals surface area contributed by atoms with Crippen LogP contribution in [-0.4, -0.2) is 28.8 Å². The van der Waals surface area contributed by atoms with E-state index in [1.807, 2.05) is 22.9 Å². The molecule has 2 aromatic rings. The first kappa shape index (κ1) is 9.54. The van der Waals surface area contributed by atoms with Gasteiger partial charge in [-0.15, -0.1) is 0 Å². The summed E-state index contributed by atoms with van der Waals surface area (Å²) in [7, 11) is 0. The molecule has 0 aromatic carbocycles.